The molecule has 0 aliphatic carbocycles. The number of rotatable bonds is 5. The Morgan fingerprint density at radius 2 is 1.62 bits per heavy atom. The predicted octanol–water partition coefficient (Wildman–Crippen LogP) is -4.83. The zero-order valence-electron chi connectivity index (χ0n) is 6.30. The first-order valence-electron chi connectivity index (χ1n) is 3.17. The lowest BCUT2D eigenvalue weighted by Crippen LogP contribution is -2.45. The Labute approximate surface area is 72.2 Å². The first-order valence-corrected chi connectivity index (χ1v) is 3.17. The number of carbonyl (C=O) groups is 3. The lowest BCUT2D eigenvalue weighted by Gasteiger charge is -2.17. The maximum Gasteiger partial charge on any atom is 0.180 e. The number of carboxylic acid groups (broad SMARTS) is 2. The summed E-state index contributed by atoms with van der Waals surface area (Å²) >= 11 is 0. The molecule has 0 radical (unpaired) electrons. The number of aliphatic hydroxyl groups is 2. The number of carboxylic acids is 2. The Hall–Kier alpha value is -1.47. The maximum atomic E-state index is 10.3. The summed E-state index contributed by atoms with van der Waals surface area (Å²) in [5.74, 6) is -5.53. The minimum Gasteiger partial charge on any atom is -0.547 e. The molecule has 2 unspecified atom stereocenters. The van der Waals surface area contributed by atoms with Crippen LogP contribution in [-0.2, 0) is 14.4 Å². The van der Waals surface area contributed by atoms with Crippen molar-refractivity contribution in [2.45, 2.75) is 18.6 Å². The molecule has 0 saturated heterocycles. The van der Waals surface area contributed by atoms with Gasteiger partial charge in [0.2, 0.25) is 0 Å². The fraction of sp³-hybridized carbons (Fsp3) is 0.500. The second kappa shape index (κ2) is 4.53. The van der Waals surface area contributed by atoms with Crippen molar-refractivity contribution in [1.29, 1.82) is 0 Å². The largest absolute Gasteiger partial charge is 0.547 e. The van der Waals surface area contributed by atoms with Crippen molar-refractivity contribution in [3.05, 3.63) is 0 Å². The quantitative estimate of drug-likeness (QED) is 0.414. The van der Waals surface area contributed by atoms with Crippen LogP contribution in [-0.4, -0.2) is 40.1 Å². The fourth-order valence-electron chi connectivity index (χ4n) is 0.542. The zero-order chi connectivity index (χ0) is 10.6. The van der Waals surface area contributed by atoms with E-state index < -0.39 is 36.4 Å². The first-order chi connectivity index (χ1) is 5.86. The number of ketones is 1. The molecule has 0 aliphatic rings. The highest BCUT2D eigenvalue weighted by Gasteiger charge is 2.20. The van der Waals surface area contributed by atoms with Crippen LogP contribution in [0.5, 0.6) is 0 Å². The molecule has 2 atom stereocenters. The smallest absolute Gasteiger partial charge is 0.180 e. The topological polar surface area (TPSA) is 138 Å². The van der Waals surface area contributed by atoms with E-state index in [1.807, 2.05) is 0 Å². The third kappa shape index (κ3) is 3.63. The molecule has 0 fully saturated rings. The van der Waals surface area contributed by atoms with Crippen LogP contribution in [0.15, 0.2) is 0 Å². The minimum atomic E-state index is -2.29. The lowest BCUT2D eigenvalue weighted by atomic mass is 10.1. The van der Waals surface area contributed by atoms with Crippen molar-refractivity contribution in [2.24, 2.45) is 0 Å². The van der Waals surface area contributed by atoms with E-state index in [4.69, 9.17) is 10.2 Å². The molecule has 0 rings (SSSR count). The molecule has 74 valence electrons. The third-order valence-corrected chi connectivity index (χ3v) is 1.23. The molecule has 0 spiro atoms. The van der Waals surface area contributed by atoms with E-state index in [9.17, 15) is 24.6 Å². The Bertz CT molecular complexity index is 233. The van der Waals surface area contributed by atoms with Crippen molar-refractivity contribution < 1.29 is 34.8 Å². The van der Waals surface area contributed by atoms with E-state index >= 15 is 0 Å². The van der Waals surface area contributed by atoms with Crippen molar-refractivity contribution >= 4 is 17.7 Å². The van der Waals surface area contributed by atoms with Gasteiger partial charge >= 0.3 is 0 Å². The number of hydrogen-bond acceptors (Lipinski definition) is 7. The molecule has 0 saturated carbocycles. The SMILES string of the molecule is O=C([O-])C(=O)CC(O)C(O)C(=O)[O-]. The highest BCUT2D eigenvalue weighted by Crippen LogP contribution is 1.98. The molecule has 7 heteroatoms. The molecule has 0 aromatic rings. The van der Waals surface area contributed by atoms with Crippen LogP contribution >= 0.6 is 0 Å². The average Bonchev–Trinajstić information content (AvgIpc) is 2.02. The molecule has 2 N–H and O–H groups in total. The number of aliphatic hydroxyl groups excluding tert-OH is 2. The summed E-state index contributed by atoms with van der Waals surface area (Å²) in [6, 6.07) is 0. The van der Waals surface area contributed by atoms with Crippen LogP contribution in [0.25, 0.3) is 0 Å². The monoisotopic (exact) mass is 190 g/mol. The average molecular weight is 190 g/mol. The molecule has 0 bridgehead atoms. The highest BCUT2D eigenvalue weighted by molar-refractivity contribution is 6.31. The standard InChI is InChI=1S/C6H8O7/c7-2(4(9)6(12)13)1-3(8)5(10)11/h2,4,7,9H,1H2,(H,10,11)(H,12,13)/p-2. The number of carbonyl (C=O) groups excluding carboxylic acids is 3. The molecular weight excluding hydrogens is 184 g/mol. The normalized spacial score (nSPS) is 14.6. The van der Waals surface area contributed by atoms with Gasteiger partial charge in [0.25, 0.3) is 0 Å². The van der Waals surface area contributed by atoms with Gasteiger partial charge in [0.15, 0.2) is 5.78 Å². The van der Waals surface area contributed by atoms with E-state index in [0.717, 1.165) is 0 Å². The van der Waals surface area contributed by atoms with Gasteiger partial charge in [-0.3, -0.25) is 4.79 Å². The van der Waals surface area contributed by atoms with Gasteiger partial charge in [0, 0.05) is 6.42 Å². The first kappa shape index (κ1) is 11.5. The zero-order valence-corrected chi connectivity index (χ0v) is 6.30. The molecule has 0 amide bonds. The van der Waals surface area contributed by atoms with Gasteiger partial charge in [-0.2, -0.15) is 0 Å². The van der Waals surface area contributed by atoms with Crippen LogP contribution in [0, 0.1) is 0 Å². The summed E-state index contributed by atoms with van der Waals surface area (Å²) in [6.45, 7) is 0. The second-order valence-corrected chi connectivity index (χ2v) is 2.25. The molecule has 0 heterocycles. The van der Waals surface area contributed by atoms with Crippen molar-refractivity contribution in [3.63, 3.8) is 0 Å². The van der Waals surface area contributed by atoms with Gasteiger partial charge in [-0.1, -0.05) is 0 Å². The van der Waals surface area contributed by atoms with Gasteiger partial charge in [-0.25, -0.2) is 0 Å². The highest BCUT2D eigenvalue weighted by atomic mass is 16.4. The van der Waals surface area contributed by atoms with E-state index in [1.54, 1.807) is 0 Å². The van der Waals surface area contributed by atoms with Crippen LogP contribution in [0.1, 0.15) is 6.42 Å². The number of Topliss-reactive ketones (excluding diaryl/α,β-unsaturated/α-hetero) is 1. The van der Waals surface area contributed by atoms with Crippen LogP contribution in [0.3, 0.4) is 0 Å². The fourth-order valence-corrected chi connectivity index (χ4v) is 0.542. The number of aliphatic carboxylic acids is 2. The molecule has 0 aliphatic heterocycles. The third-order valence-electron chi connectivity index (χ3n) is 1.23. The molecule has 0 aromatic heterocycles. The number of hydrogen-bond donors (Lipinski definition) is 2. The Balaban J connectivity index is 4.15. The van der Waals surface area contributed by atoms with Gasteiger partial charge in [-0.05, 0) is 0 Å². The molecule has 7 nitrogen and oxygen atoms in total. The van der Waals surface area contributed by atoms with E-state index in [2.05, 4.69) is 0 Å². The summed E-state index contributed by atoms with van der Waals surface area (Å²) in [7, 11) is 0. The Kier molecular flexibility index (Phi) is 4.02. The molecule has 13 heavy (non-hydrogen) atoms. The molecular formula is C6H6O7-2. The van der Waals surface area contributed by atoms with E-state index in [0.29, 0.717) is 0 Å². The second-order valence-electron chi connectivity index (χ2n) is 2.25. The van der Waals surface area contributed by atoms with Crippen molar-refractivity contribution in [3.8, 4) is 0 Å². The summed E-state index contributed by atoms with van der Waals surface area (Å²) in [4.78, 5) is 30.0. The predicted molar refractivity (Wildman–Crippen MR) is 31.7 cm³/mol. The minimum absolute atomic E-state index is 1.03. The lowest BCUT2D eigenvalue weighted by molar-refractivity contribution is -0.318. The summed E-state index contributed by atoms with van der Waals surface area (Å²) in [6.07, 6.45) is -5.32. The van der Waals surface area contributed by atoms with Gasteiger partial charge in [-0.15, -0.1) is 0 Å². The maximum absolute atomic E-state index is 10.3. The Morgan fingerprint density at radius 3 is 1.92 bits per heavy atom. The van der Waals surface area contributed by atoms with E-state index in [1.165, 1.54) is 0 Å². The van der Waals surface area contributed by atoms with Crippen LogP contribution in [0.2, 0.25) is 0 Å². The van der Waals surface area contributed by atoms with Crippen LogP contribution in [0.4, 0.5) is 0 Å². The van der Waals surface area contributed by atoms with Crippen molar-refractivity contribution in [1.82, 2.24) is 0 Å². The summed E-state index contributed by atoms with van der Waals surface area (Å²) in [5.41, 5.74) is 0. The van der Waals surface area contributed by atoms with E-state index in [-0.39, 0.29) is 0 Å². The summed E-state index contributed by atoms with van der Waals surface area (Å²) < 4.78 is 0. The van der Waals surface area contributed by atoms with Gasteiger partial charge in [0.1, 0.15) is 12.1 Å². The summed E-state index contributed by atoms with van der Waals surface area (Å²) in [5, 5.41) is 37.0. The Morgan fingerprint density at radius 1 is 1.15 bits per heavy atom. The molecule has 0 aromatic carbocycles. The van der Waals surface area contributed by atoms with Gasteiger partial charge in [0.05, 0.1) is 12.1 Å². The van der Waals surface area contributed by atoms with Gasteiger partial charge < -0.3 is 30.0 Å². The van der Waals surface area contributed by atoms with Crippen molar-refractivity contribution in [2.75, 3.05) is 0 Å². The van der Waals surface area contributed by atoms with Crippen LogP contribution < -0.4 is 10.2 Å².